The predicted octanol–water partition coefficient (Wildman–Crippen LogP) is 1.86. The molecule has 0 bridgehead atoms. The molecule has 0 aliphatic carbocycles. The number of amides is 1. The molecule has 2 aromatic heterocycles. The number of hydrogen-bond donors (Lipinski definition) is 1. The zero-order valence-corrected chi connectivity index (χ0v) is 12.9. The van der Waals surface area contributed by atoms with Crippen LogP contribution < -0.4 is 15.5 Å². The number of methoxy groups -OCH3 is 1. The fourth-order valence-corrected chi connectivity index (χ4v) is 1.92. The summed E-state index contributed by atoms with van der Waals surface area (Å²) < 4.78 is 15.2. The molecule has 7 heteroatoms. The minimum atomic E-state index is -0.511. The first-order valence-electron chi connectivity index (χ1n) is 6.71. The maximum Gasteiger partial charge on any atom is 0.287 e. The average Bonchev–Trinajstić information content (AvgIpc) is 2.93. The van der Waals surface area contributed by atoms with Crippen LogP contribution in [0.5, 0.6) is 5.75 Å². The molecule has 0 atom stereocenters. The lowest BCUT2D eigenvalue weighted by atomic mass is 9.92. The van der Waals surface area contributed by atoms with E-state index < -0.39 is 11.3 Å². The van der Waals surface area contributed by atoms with E-state index in [9.17, 15) is 9.59 Å². The van der Waals surface area contributed by atoms with E-state index in [0.717, 1.165) is 12.3 Å². The SMILES string of the molecule is COc1coc(C(=O)NCc2ncoc2C(C)(C)C)cc1=O. The second-order valence-corrected chi connectivity index (χ2v) is 5.74. The summed E-state index contributed by atoms with van der Waals surface area (Å²) in [7, 11) is 1.35. The summed E-state index contributed by atoms with van der Waals surface area (Å²) >= 11 is 0. The molecule has 0 aliphatic rings. The van der Waals surface area contributed by atoms with Crippen LogP contribution in [0.4, 0.5) is 0 Å². The van der Waals surface area contributed by atoms with Crippen molar-refractivity contribution in [1.29, 1.82) is 0 Å². The molecule has 1 N–H and O–H groups in total. The molecule has 7 nitrogen and oxygen atoms in total. The molecule has 0 unspecified atom stereocenters. The second kappa shape index (κ2) is 6.05. The van der Waals surface area contributed by atoms with Gasteiger partial charge in [-0.25, -0.2) is 4.98 Å². The molecule has 0 aliphatic heterocycles. The highest BCUT2D eigenvalue weighted by atomic mass is 16.5. The summed E-state index contributed by atoms with van der Waals surface area (Å²) in [6.07, 6.45) is 2.45. The minimum absolute atomic E-state index is 0.0445. The molecule has 0 spiro atoms. The van der Waals surface area contributed by atoms with Gasteiger partial charge in [-0.2, -0.15) is 0 Å². The second-order valence-electron chi connectivity index (χ2n) is 5.74. The van der Waals surface area contributed by atoms with Crippen LogP contribution in [-0.2, 0) is 12.0 Å². The normalized spacial score (nSPS) is 11.3. The maximum absolute atomic E-state index is 12.0. The van der Waals surface area contributed by atoms with E-state index >= 15 is 0 Å². The molecule has 0 fully saturated rings. The third-order valence-electron chi connectivity index (χ3n) is 2.98. The Bertz CT molecular complexity index is 724. The van der Waals surface area contributed by atoms with Gasteiger partial charge >= 0.3 is 0 Å². The zero-order valence-electron chi connectivity index (χ0n) is 12.9. The Morgan fingerprint density at radius 1 is 1.36 bits per heavy atom. The van der Waals surface area contributed by atoms with Crippen molar-refractivity contribution in [3.05, 3.63) is 46.2 Å². The number of carbonyl (C=O) groups is 1. The van der Waals surface area contributed by atoms with E-state index in [1.807, 2.05) is 20.8 Å². The third kappa shape index (κ3) is 3.36. The van der Waals surface area contributed by atoms with E-state index in [2.05, 4.69) is 10.3 Å². The largest absolute Gasteiger partial charge is 0.490 e. The molecule has 0 saturated carbocycles. The Balaban J connectivity index is 2.09. The topological polar surface area (TPSA) is 94.6 Å². The average molecular weight is 306 g/mol. The summed E-state index contributed by atoms with van der Waals surface area (Å²) in [6.45, 7) is 6.14. The Morgan fingerprint density at radius 2 is 2.09 bits per heavy atom. The van der Waals surface area contributed by atoms with Crippen molar-refractivity contribution in [3.8, 4) is 5.75 Å². The molecule has 0 radical (unpaired) electrons. The summed E-state index contributed by atoms with van der Waals surface area (Å²) in [6, 6.07) is 1.08. The standard InChI is InChI=1S/C15H18N2O5/c1-15(2,3)13-9(17-8-22-13)6-16-14(19)11-5-10(18)12(20-4)7-21-11/h5,7-8H,6H2,1-4H3,(H,16,19). The van der Waals surface area contributed by atoms with Gasteiger partial charge in [0, 0.05) is 11.5 Å². The lowest BCUT2D eigenvalue weighted by Crippen LogP contribution is -2.26. The van der Waals surface area contributed by atoms with Gasteiger partial charge in [-0.05, 0) is 0 Å². The number of nitrogens with zero attached hydrogens (tertiary/aromatic N) is 1. The number of aromatic nitrogens is 1. The first-order chi connectivity index (χ1) is 10.3. The van der Waals surface area contributed by atoms with E-state index in [1.165, 1.54) is 13.5 Å². The Kier molecular flexibility index (Phi) is 4.35. The lowest BCUT2D eigenvalue weighted by Gasteiger charge is -2.16. The van der Waals surface area contributed by atoms with Gasteiger partial charge in [0.15, 0.2) is 12.2 Å². The van der Waals surface area contributed by atoms with Gasteiger partial charge in [0.25, 0.3) is 5.91 Å². The van der Waals surface area contributed by atoms with Crippen LogP contribution in [0.25, 0.3) is 0 Å². The maximum atomic E-state index is 12.0. The van der Waals surface area contributed by atoms with Crippen molar-refractivity contribution < 1.29 is 18.4 Å². The Labute approximate surface area is 127 Å². The van der Waals surface area contributed by atoms with E-state index in [-0.39, 0.29) is 23.5 Å². The summed E-state index contributed by atoms with van der Waals surface area (Å²) in [4.78, 5) is 27.7. The van der Waals surface area contributed by atoms with Crippen molar-refractivity contribution in [2.45, 2.75) is 32.7 Å². The van der Waals surface area contributed by atoms with E-state index in [0.29, 0.717) is 11.5 Å². The van der Waals surface area contributed by atoms with Crippen molar-refractivity contribution in [2.75, 3.05) is 7.11 Å². The summed E-state index contributed by atoms with van der Waals surface area (Å²) in [5.74, 6) is 0.140. The number of oxazole rings is 1. The Hall–Kier alpha value is -2.57. The van der Waals surface area contributed by atoms with Gasteiger partial charge in [-0.1, -0.05) is 20.8 Å². The lowest BCUT2D eigenvalue weighted by molar-refractivity contribution is 0.0919. The molecule has 2 rings (SSSR count). The van der Waals surface area contributed by atoms with E-state index in [4.69, 9.17) is 13.6 Å². The number of nitrogens with one attached hydrogen (secondary N) is 1. The van der Waals surface area contributed by atoms with Crippen LogP contribution in [0.15, 0.2) is 32.4 Å². The molecular formula is C15H18N2O5. The van der Waals surface area contributed by atoms with Gasteiger partial charge < -0.3 is 18.9 Å². The molecule has 2 heterocycles. The number of ether oxygens (including phenoxy) is 1. The molecule has 0 aromatic carbocycles. The van der Waals surface area contributed by atoms with Gasteiger partial charge in [0.05, 0.1) is 13.7 Å². The first-order valence-corrected chi connectivity index (χ1v) is 6.71. The quantitative estimate of drug-likeness (QED) is 0.926. The molecule has 1 amide bonds. The van der Waals surface area contributed by atoms with Crippen LogP contribution in [0.3, 0.4) is 0 Å². The predicted molar refractivity (Wildman–Crippen MR) is 77.9 cm³/mol. The fraction of sp³-hybridized carbons (Fsp3) is 0.400. The number of rotatable bonds is 4. The minimum Gasteiger partial charge on any atom is -0.490 e. The zero-order chi connectivity index (χ0) is 16.3. The molecule has 0 saturated heterocycles. The highest BCUT2D eigenvalue weighted by Gasteiger charge is 2.23. The Morgan fingerprint density at radius 3 is 2.68 bits per heavy atom. The van der Waals surface area contributed by atoms with Crippen molar-refractivity contribution in [2.24, 2.45) is 0 Å². The molecule has 118 valence electrons. The smallest absolute Gasteiger partial charge is 0.287 e. The van der Waals surface area contributed by atoms with Crippen LogP contribution in [-0.4, -0.2) is 18.0 Å². The van der Waals surface area contributed by atoms with Crippen LogP contribution >= 0.6 is 0 Å². The van der Waals surface area contributed by atoms with Crippen LogP contribution in [0.2, 0.25) is 0 Å². The van der Waals surface area contributed by atoms with Gasteiger partial charge in [-0.3, -0.25) is 9.59 Å². The van der Waals surface area contributed by atoms with Crippen LogP contribution in [0, 0.1) is 0 Å². The van der Waals surface area contributed by atoms with Gasteiger partial charge in [0.1, 0.15) is 17.7 Å². The highest BCUT2D eigenvalue weighted by Crippen LogP contribution is 2.25. The molecule has 22 heavy (non-hydrogen) atoms. The van der Waals surface area contributed by atoms with Crippen molar-refractivity contribution in [3.63, 3.8) is 0 Å². The van der Waals surface area contributed by atoms with E-state index in [1.54, 1.807) is 0 Å². The summed E-state index contributed by atoms with van der Waals surface area (Å²) in [5.41, 5.74) is -0.00380. The number of hydrogen-bond acceptors (Lipinski definition) is 6. The fourth-order valence-electron chi connectivity index (χ4n) is 1.92. The summed E-state index contributed by atoms with van der Waals surface area (Å²) in [5, 5.41) is 2.64. The van der Waals surface area contributed by atoms with Crippen molar-refractivity contribution in [1.82, 2.24) is 10.3 Å². The van der Waals surface area contributed by atoms with Gasteiger partial charge in [0.2, 0.25) is 11.2 Å². The highest BCUT2D eigenvalue weighted by molar-refractivity contribution is 5.91. The number of carbonyl (C=O) groups excluding carboxylic acids is 1. The molecule has 2 aromatic rings. The molecular weight excluding hydrogens is 288 g/mol. The first kappa shape index (κ1) is 15.8. The third-order valence-corrected chi connectivity index (χ3v) is 2.98. The van der Waals surface area contributed by atoms with Crippen molar-refractivity contribution >= 4 is 5.91 Å². The van der Waals surface area contributed by atoms with Crippen LogP contribution in [0.1, 0.15) is 42.8 Å². The van der Waals surface area contributed by atoms with Gasteiger partial charge in [-0.15, -0.1) is 0 Å². The monoisotopic (exact) mass is 306 g/mol.